The molecule has 1 amide bonds. The Morgan fingerprint density at radius 1 is 1.10 bits per heavy atom. The van der Waals surface area contributed by atoms with Gasteiger partial charge in [-0.2, -0.15) is 13.2 Å². The van der Waals surface area contributed by atoms with E-state index in [-0.39, 0.29) is 15.9 Å². The first kappa shape index (κ1) is 16.6. The molecule has 112 valence electrons. The van der Waals surface area contributed by atoms with Crippen molar-refractivity contribution < 1.29 is 22.4 Å². The quantitative estimate of drug-likeness (QED) is 0.573. The van der Waals surface area contributed by atoms with Crippen LogP contribution < -0.4 is 5.32 Å². The van der Waals surface area contributed by atoms with Gasteiger partial charge in [-0.3, -0.25) is 4.79 Å². The first-order valence-corrected chi connectivity index (χ1v) is 7.69. The molecule has 0 bridgehead atoms. The maximum atomic E-state index is 12.8. The first-order chi connectivity index (χ1) is 9.68. The van der Waals surface area contributed by atoms with E-state index in [4.69, 9.17) is 4.42 Å². The van der Waals surface area contributed by atoms with Crippen LogP contribution in [0, 0.1) is 0 Å². The van der Waals surface area contributed by atoms with E-state index >= 15 is 0 Å². The van der Waals surface area contributed by atoms with E-state index in [2.05, 4.69) is 53.1 Å². The van der Waals surface area contributed by atoms with Crippen molar-refractivity contribution in [3.8, 4) is 0 Å². The summed E-state index contributed by atoms with van der Waals surface area (Å²) in [6, 6.07) is 4.96. The fraction of sp³-hybridized carbons (Fsp3) is 0.0833. The molecule has 1 aromatic carbocycles. The highest BCUT2D eigenvalue weighted by Gasteiger charge is 2.34. The lowest BCUT2D eigenvalue weighted by molar-refractivity contribution is -0.138. The van der Waals surface area contributed by atoms with Gasteiger partial charge in [-0.15, -0.1) is 0 Å². The van der Waals surface area contributed by atoms with Gasteiger partial charge in [-0.05, 0) is 56.1 Å². The maximum Gasteiger partial charge on any atom is 0.417 e. The number of hydrogen-bond donors (Lipinski definition) is 1. The number of amides is 1. The van der Waals surface area contributed by atoms with E-state index in [1.165, 1.54) is 18.2 Å². The number of alkyl halides is 3. The van der Waals surface area contributed by atoms with Crippen molar-refractivity contribution in [1.82, 2.24) is 0 Å². The average molecular weight is 492 g/mol. The summed E-state index contributed by atoms with van der Waals surface area (Å²) in [6.07, 6.45) is -4.53. The molecule has 0 fully saturated rings. The molecule has 0 aliphatic carbocycles. The van der Waals surface area contributed by atoms with Crippen LogP contribution in [0.2, 0.25) is 0 Å². The molecule has 2 rings (SSSR count). The Labute approximate surface area is 142 Å². The molecule has 2 aromatic rings. The molecule has 0 saturated heterocycles. The molecule has 0 unspecified atom stereocenters. The van der Waals surface area contributed by atoms with Crippen molar-refractivity contribution in [2.45, 2.75) is 6.18 Å². The average Bonchev–Trinajstić information content (AvgIpc) is 2.77. The van der Waals surface area contributed by atoms with Crippen molar-refractivity contribution in [2.24, 2.45) is 0 Å². The van der Waals surface area contributed by atoms with Gasteiger partial charge in [0.25, 0.3) is 5.91 Å². The van der Waals surface area contributed by atoms with Crippen LogP contribution in [0.5, 0.6) is 0 Å². The number of furan rings is 1. The van der Waals surface area contributed by atoms with Crippen LogP contribution in [0.25, 0.3) is 0 Å². The lowest BCUT2D eigenvalue weighted by Gasteiger charge is -2.13. The summed E-state index contributed by atoms with van der Waals surface area (Å²) in [5, 5.41) is 2.36. The molecule has 1 N–H and O–H groups in total. The van der Waals surface area contributed by atoms with Crippen molar-refractivity contribution >= 4 is 59.4 Å². The molecular formula is C12H5Br3F3NO2. The van der Waals surface area contributed by atoms with Crippen molar-refractivity contribution in [3.05, 3.63) is 49.2 Å². The third-order valence-electron chi connectivity index (χ3n) is 2.41. The number of nitrogens with one attached hydrogen (secondary N) is 1. The largest absolute Gasteiger partial charge is 0.444 e. The summed E-state index contributed by atoms with van der Waals surface area (Å²) < 4.78 is 44.1. The normalized spacial score (nSPS) is 11.5. The second-order valence-corrected chi connectivity index (χ2v) is 6.36. The standard InChI is InChI=1S/C12H5Br3F3NO2/c13-6-4-7(14)8(3-5(6)12(16,17)18)19-11(20)9-1-2-10(15)21-9/h1-4H,(H,19,20). The van der Waals surface area contributed by atoms with E-state index in [0.717, 1.165) is 6.07 Å². The molecule has 0 saturated carbocycles. The number of benzene rings is 1. The summed E-state index contributed by atoms with van der Waals surface area (Å²) in [7, 11) is 0. The lowest BCUT2D eigenvalue weighted by atomic mass is 10.2. The van der Waals surface area contributed by atoms with E-state index in [0.29, 0.717) is 9.14 Å². The molecule has 0 atom stereocenters. The number of carbonyl (C=O) groups excluding carboxylic acids is 1. The Hall–Kier alpha value is -0.800. The number of carbonyl (C=O) groups is 1. The molecular weight excluding hydrogens is 487 g/mol. The topological polar surface area (TPSA) is 42.2 Å². The molecule has 0 radical (unpaired) electrons. The second kappa shape index (κ2) is 6.13. The second-order valence-electron chi connectivity index (χ2n) is 3.87. The lowest BCUT2D eigenvalue weighted by Crippen LogP contribution is -2.13. The Morgan fingerprint density at radius 2 is 1.76 bits per heavy atom. The molecule has 0 spiro atoms. The van der Waals surface area contributed by atoms with Crippen molar-refractivity contribution in [1.29, 1.82) is 0 Å². The SMILES string of the molecule is O=C(Nc1cc(C(F)(F)F)c(Br)cc1Br)c1ccc(Br)o1. The van der Waals surface area contributed by atoms with Crippen LogP contribution in [-0.2, 0) is 6.18 Å². The van der Waals surface area contributed by atoms with Gasteiger partial charge in [0.05, 0.1) is 11.3 Å². The summed E-state index contributed by atoms with van der Waals surface area (Å²) in [5.41, 5.74) is -0.898. The summed E-state index contributed by atoms with van der Waals surface area (Å²) in [5.74, 6) is -0.679. The first-order valence-electron chi connectivity index (χ1n) is 5.31. The molecule has 21 heavy (non-hydrogen) atoms. The monoisotopic (exact) mass is 489 g/mol. The van der Waals surface area contributed by atoms with Crippen LogP contribution in [0.1, 0.15) is 16.1 Å². The van der Waals surface area contributed by atoms with Gasteiger partial charge in [0.2, 0.25) is 0 Å². The molecule has 0 aliphatic heterocycles. The third kappa shape index (κ3) is 3.89. The van der Waals surface area contributed by atoms with Gasteiger partial charge in [-0.25, -0.2) is 0 Å². The van der Waals surface area contributed by atoms with E-state index in [9.17, 15) is 18.0 Å². The summed E-state index contributed by atoms with van der Waals surface area (Å²) in [6.45, 7) is 0. The fourth-order valence-corrected chi connectivity index (χ4v) is 3.11. The number of halogens is 6. The minimum Gasteiger partial charge on any atom is -0.444 e. The fourth-order valence-electron chi connectivity index (χ4n) is 1.48. The van der Waals surface area contributed by atoms with E-state index in [1.54, 1.807) is 0 Å². The van der Waals surface area contributed by atoms with Crippen LogP contribution in [0.4, 0.5) is 18.9 Å². The molecule has 0 aliphatic rings. The van der Waals surface area contributed by atoms with Gasteiger partial charge in [0.1, 0.15) is 0 Å². The number of rotatable bonds is 2. The Balaban J connectivity index is 2.34. The van der Waals surface area contributed by atoms with Crippen molar-refractivity contribution in [2.75, 3.05) is 5.32 Å². The molecule has 3 nitrogen and oxygen atoms in total. The summed E-state index contributed by atoms with van der Waals surface area (Å²) in [4.78, 5) is 11.9. The number of anilines is 1. The zero-order valence-electron chi connectivity index (χ0n) is 9.89. The van der Waals surface area contributed by atoms with Crippen molar-refractivity contribution in [3.63, 3.8) is 0 Å². The van der Waals surface area contributed by atoms with Gasteiger partial charge in [0.15, 0.2) is 10.4 Å². The zero-order valence-corrected chi connectivity index (χ0v) is 14.7. The maximum absolute atomic E-state index is 12.8. The zero-order chi connectivity index (χ0) is 15.8. The highest BCUT2D eigenvalue weighted by molar-refractivity contribution is 9.11. The van der Waals surface area contributed by atoms with Crippen LogP contribution in [-0.4, -0.2) is 5.91 Å². The predicted octanol–water partition coefficient (Wildman–Crippen LogP) is 5.84. The van der Waals surface area contributed by atoms with Crippen LogP contribution >= 0.6 is 47.8 Å². The van der Waals surface area contributed by atoms with Gasteiger partial charge < -0.3 is 9.73 Å². The Morgan fingerprint density at radius 3 is 2.29 bits per heavy atom. The predicted molar refractivity (Wildman–Crippen MR) is 81.2 cm³/mol. The Bertz CT molecular complexity index is 698. The number of hydrogen-bond acceptors (Lipinski definition) is 2. The molecule has 1 heterocycles. The third-order valence-corrected chi connectivity index (χ3v) is 4.15. The van der Waals surface area contributed by atoms with E-state index in [1.807, 2.05) is 0 Å². The van der Waals surface area contributed by atoms with Gasteiger partial charge >= 0.3 is 6.18 Å². The molecule has 9 heteroatoms. The van der Waals surface area contributed by atoms with Crippen LogP contribution in [0.3, 0.4) is 0 Å². The van der Waals surface area contributed by atoms with E-state index < -0.39 is 17.6 Å². The smallest absolute Gasteiger partial charge is 0.417 e. The molecule has 1 aromatic heterocycles. The minimum atomic E-state index is -4.53. The minimum absolute atomic E-state index is 0.0111. The Kier molecular flexibility index (Phi) is 4.84. The highest BCUT2D eigenvalue weighted by atomic mass is 79.9. The summed E-state index contributed by atoms with van der Waals surface area (Å²) >= 11 is 8.98. The van der Waals surface area contributed by atoms with Gasteiger partial charge in [0, 0.05) is 8.95 Å². The van der Waals surface area contributed by atoms with Crippen LogP contribution in [0.15, 0.2) is 42.3 Å². The van der Waals surface area contributed by atoms with Gasteiger partial charge in [-0.1, -0.05) is 15.9 Å². The highest BCUT2D eigenvalue weighted by Crippen LogP contribution is 2.39.